The number of benzene rings is 1. The Morgan fingerprint density at radius 3 is 2.93 bits per heavy atom. The third kappa shape index (κ3) is 1.40. The first kappa shape index (κ1) is 9.86. The monoisotopic (exact) mass is 263 g/mol. The molecule has 1 aliphatic rings. The zero-order chi connectivity index (χ0) is 10.3. The molecular formula is C9H8BrF2NO. The number of nitrogens with two attached hydrogens (primary N) is 1. The van der Waals surface area contributed by atoms with Gasteiger partial charge >= 0.3 is 0 Å². The number of ether oxygens (including phenoxy) is 1. The van der Waals surface area contributed by atoms with Crippen LogP contribution >= 0.6 is 15.9 Å². The lowest BCUT2D eigenvalue weighted by molar-refractivity contribution is 0.261. The third-order valence-electron chi connectivity index (χ3n) is 2.22. The molecule has 1 atom stereocenters. The number of hydrogen-bond acceptors (Lipinski definition) is 2. The lowest BCUT2D eigenvalue weighted by Gasteiger charge is -2.23. The predicted molar refractivity (Wildman–Crippen MR) is 51.1 cm³/mol. The molecule has 14 heavy (non-hydrogen) atoms. The van der Waals surface area contributed by atoms with Crippen molar-refractivity contribution in [2.24, 2.45) is 5.73 Å². The SMILES string of the molecule is NC1CCOc2cc(F)c(Br)c(F)c21. The standard InChI is InChI=1S/C9H8BrF2NO/c10-8-4(11)3-6-7(9(8)12)5(13)1-2-14-6/h3,5H,1-2,13H2. The second kappa shape index (κ2) is 3.47. The number of fused-ring (bicyclic) bond motifs is 1. The van der Waals surface area contributed by atoms with Gasteiger partial charge in [-0.3, -0.25) is 0 Å². The van der Waals surface area contributed by atoms with E-state index in [1.165, 1.54) is 0 Å². The second-order valence-electron chi connectivity index (χ2n) is 3.14. The zero-order valence-corrected chi connectivity index (χ0v) is 8.77. The number of rotatable bonds is 0. The van der Waals surface area contributed by atoms with Gasteiger partial charge in [0.1, 0.15) is 17.4 Å². The van der Waals surface area contributed by atoms with Gasteiger partial charge in [-0.1, -0.05) is 0 Å². The Balaban J connectivity index is 2.64. The molecule has 0 radical (unpaired) electrons. The van der Waals surface area contributed by atoms with Crippen LogP contribution in [0.5, 0.6) is 5.75 Å². The Kier molecular flexibility index (Phi) is 2.45. The molecule has 1 aromatic carbocycles. The Morgan fingerprint density at radius 2 is 2.21 bits per heavy atom. The highest BCUT2D eigenvalue weighted by Gasteiger charge is 2.25. The van der Waals surface area contributed by atoms with E-state index in [0.29, 0.717) is 13.0 Å². The summed E-state index contributed by atoms with van der Waals surface area (Å²) < 4.78 is 31.6. The van der Waals surface area contributed by atoms with Gasteiger partial charge in [0, 0.05) is 24.1 Å². The highest BCUT2D eigenvalue weighted by atomic mass is 79.9. The molecule has 1 unspecified atom stereocenters. The molecule has 0 spiro atoms. The molecule has 0 fully saturated rings. The van der Waals surface area contributed by atoms with Crippen LogP contribution in [0.15, 0.2) is 10.5 Å². The molecule has 0 aliphatic carbocycles. The van der Waals surface area contributed by atoms with Crippen molar-refractivity contribution in [1.82, 2.24) is 0 Å². The van der Waals surface area contributed by atoms with Gasteiger partial charge in [0.15, 0.2) is 0 Å². The summed E-state index contributed by atoms with van der Waals surface area (Å²) in [4.78, 5) is 0. The molecule has 1 aromatic rings. The minimum absolute atomic E-state index is 0.183. The van der Waals surface area contributed by atoms with Crippen molar-refractivity contribution in [3.05, 3.63) is 27.7 Å². The van der Waals surface area contributed by atoms with Gasteiger partial charge in [-0.2, -0.15) is 0 Å². The van der Waals surface area contributed by atoms with Crippen LogP contribution in [-0.2, 0) is 0 Å². The molecule has 0 bridgehead atoms. The molecule has 1 aliphatic heterocycles. The molecule has 5 heteroatoms. The normalized spacial score (nSPS) is 20.1. The van der Waals surface area contributed by atoms with Crippen molar-refractivity contribution in [3.63, 3.8) is 0 Å². The van der Waals surface area contributed by atoms with Crippen LogP contribution in [0.3, 0.4) is 0 Å². The topological polar surface area (TPSA) is 35.2 Å². The van der Waals surface area contributed by atoms with Gasteiger partial charge < -0.3 is 10.5 Å². The van der Waals surface area contributed by atoms with Gasteiger partial charge in [-0.25, -0.2) is 8.78 Å². The van der Waals surface area contributed by atoms with E-state index < -0.39 is 17.7 Å². The molecule has 0 amide bonds. The molecule has 0 saturated heterocycles. The maximum absolute atomic E-state index is 13.5. The zero-order valence-electron chi connectivity index (χ0n) is 7.19. The minimum Gasteiger partial charge on any atom is -0.493 e. The summed E-state index contributed by atoms with van der Waals surface area (Å²) in [5.41, 5.74) is 5.96. The highest BCUT2D eigenvalue weighted by molar-refractivity contribution is 9.10. The first-order valence-corrected chi connectivity index (χ1v) is 4.96. The van der Waals surface area contributed by atoms with Crippen LogP contribution < -0.4 is 10.5 Å². The van der Waals surface area contributed by atoms with Gasteiger partial charge in [0.25, 0.3) is 0 Å². The molecule has 2 N–H and O–H groups in total. The molecule has 1 heterocycles. The fourth-order valence-electron chi connectivity index (χ4n) is 1.49. The van der Waals surface area contributed by atoms with Gasteiger partial charge in [-0.15, -0.1) is 0 Å². The molecule has 0 aromatic heterocycles. The van der Waals surface area contributed by atoms with Gasteiger partial charge in [0.2, 0.25) is 0 Å². The first-order chi connectivity index (χ1) is 6.61. The van der Waals surface area contributed by atoms with Crippen molar-refractivity contribution in [1.29, 1.82) is 0 Å². The van der Waals surface area contributed by atoms with E-state index in [-0.39, 0.29) is 15.8 Å². The molecule has 76 valence electrons. The largest absolute Gasteiger partial charge is 0.493 e. The van der Waals surface area contributed by atoms with Crippen LogP contribution in [0.4, 0.5) is 8.78 Å². The lowest BCUT2D eigenvalue weighted by atomic mass is 10.0. The minimum atomic E-state index is -0.671. The van der Waals surface area contributed by atoms with Gasteiger partial charge in [0.05, 0.1) is 11.1 Å². The van der Waals surface area contributed by atoms with Crippen molar-refractivity contribution in [3.8, 4) is 5.75 Å². The van der Waals surface area contributed by atoms with E-state index in [0.717, 1.165) is 6.07 Å². The molecular weight excluding hydrogens is 256 g/mol. The quantitative estimate of drug-likeness (QED) is 0.731. The van der Waals surface area contributed by atoms with E-state index in [2.05, 4.69) is 15.9 Å². The molecule has 2 rings (SSSR count). The maximum Gasteiger partial charge on any atom is 0.148 e. The highest BCUT2D eigenvalue weighted by Crippen LogP contribution is 2.37. The summed E-state index contributed by atoms with van der Waals surface area (Å²) in [5.74, 6) is -1.12. The fraction of sp³-hybridized carbons (Fsp3) is 0.333. The molecule has 0 saturated carbocycles. The number of hydrogen-bond donors (Lipinski definition) is 1. The average molecular weight is 264 g/mol. The van der Waals surface area contributed by atoms with Crippen molar-refractivity contribution >= 4 is 15.9 Å². The second-order valence-corrected chi connectivity index (χ2v) is 3.93. The van der Waals surface area contributed by atoms with E-state index in [4.69, 9.17) is 10.5 Å². The summed E-state index contributed by atoms with van der Waals surface area (Å²) in [6, 6.07) is 0.734. The van der Waals surface area contributed by atoms with Crippen LogP contribution in [0.1, 0.15) is 18.0 Å². The smallest absolute Gasteiger partial charge is 0.148 e. The summed E-state index contributed by atoms with van der Waals surface area (Å²) in [7, 11) is 0. The Morgan fingerprint density at radius 1 is 1.50 bits per heavy atom. The van der Waals surface area contributed by atoms with Crippen molar-refractivity contribution in [2.45, 2.75) is 12.5 Å². The summed E-state index contributed by atoms with van der Waals surface area (Å²) in [5, 5.41) is 0. The van der Waals surface area contributed by atoms with E-state index in [1.807, 2.05) is 0 Å². The summed E-state index contributed by atoms with van der Waals surface area (Å²) >= 11 is 2.82. The lowest BCUT2D eigenvalue weighted by Crippen LogP contribution is -2.22. The van der Waals surface area contributed by atoms with Crippen molar-refractivity contribution < 1.29 is 13.5 Å². The van der Waals surface area contributed by atoms with E-state index >= 15 is 0 Å². The Hall–Kier alpha value is -0.680. The number of halogens is 3. The van der Waals surface area contributed by atoms with Gasteiger partial charge in [-0.05, 0) is 15.9 Å². The van der Waals surface area contributed by atoms with Crippen LogP contribution in [-0.4, -0.2) is 6.61 Å². The Labute approximate surface area is 88.2 Å². The molecule has 2 nitrogen and oxygen atoms in total. The van der Waals surface area contributed by atoms with E-state index in [9.17, 15) is 8.78 Å². The Bertz CT molecular complexity index is 384. The van der Waals surface area contributed by atoms with Crippen molar-refractivity contribution in [2.75, 3.05) is 6.61 Å². The maximum atomic E-state index is 13.5. The van der Waals surface area contributed by atoms with Crippen LogP contribution in [0.25, 0.3) is 0 Å². The fourth-order valence-corrected chi connectivity index (χ4v) is 1.82. The van der Waals surface area contributed by atoms with Crippen LogP contribution in [0, 0.1) is 11.6 Å². The van der Waals surface area contributed by atoms with Crippen LogP contribution in [0.2, 0.25) is 0 Å². The van der Waals surface area contributed by atoms with E-state index in [1.54, 1.807) is 0 Å². The average Bonchev–Trinajstić information content (AvgIpc) is 2.14. The summed E-state index contributed by atoms with van der Waals surface area (Å²) in [6.45, 7) is 0.397. The first-order valence-electron chi connectivity index (χ1n) is 4.17. The predicted octanol–water partition coefficient (Wildman–Crippen LogP) is 2.51. The summed E-state index contributed by atoms with van der Waals surface area (Å²) in [6.07, 6.45) is 0.544. The third-order valence-corrected chi connectivity index (χ3v) is 2.95.